The Morgan fingerprint density at radius 1 is 1.56 bits per heavy atom. The number of carbonyl (C=O) groups is 1. The van der Waals surface area contributed by atoms with E-state index in [1.807, 2.05) is 18.2 Å². The topological polar surface area (TPSA) is 50.1 Å². The fraction of sp³-hybridized carbons (Fsp3) is 0.333. The number of rotatable bonds is 4. The van der Waals surface area contributed by atoms with Crippen molar-refractivity contribution in [3.8, 4) is 6.07 Å². The Hall–Kier alpha value is -1.34. The standard InChI is InChI=1S/C12H12BrNO2/c1-16-12(15)8-10-7-9(3-2-6-14)4-5-11(10)13/h4-5,7H,2-3,8H2,1H3. The first-order valence-electron chi connectivity index (χ1n) is 4.88. The van der Waals surface area contributed by atoms with Crippen molar-refractivity contribution in [2.24, 2.45) is 0 Å². The Labute approximate surface area is 103 Å². The van der Waals surface area contributed by atoms with E-state index in [4.69, 9.17) is 5.26 Å². The summed E-state index contributed by atoms with van der Waals surface area (Å²) < 4.78 is 5.51. The minimum atomic E-state index is -0.266. The molecule has 0 aliphatic heterocycles. The van der Waals surface area contributed by atoms with Gasteiger partial charge in [-0.25, -0.2) is 0 Å². The fourth-order valence-corrected chi connectivity index (χ4v) is 1.73. The summed E-state index contributed by atoms with van der Waals surface area (Å²) in [7, 11) is 1.37. The van der Waals surface area contributed by atoms with E-state index in [-0.39, 0.29) is 12.4 Å². The molecule has 0 N–H and O–H groups in total. The van der Waals surface area contributed by atoms with E-state index >= 15 is 0 Å². The van der Waals surface area contributed by atoms with Crippen molar-refractivity contribution in [2.45, 2.75) is 19.3 Å². The summed E-state index contributed by atoms with van der Waals surface area (Å²) in [5, 5.41) is 8.50. The van der Waals surface area contributed by atoms with Crippen LogP contribution >= 0.6 is 15.9 Å². The van der Waals surface area contributed by atoms with Crippen LogP contribution in [0.5, 0.6) is 0 Å². The summed E-state index contributed by atoms with van der Waals surface area (Å²) in [5.74, 6) is -0.266. The number of hydrogen-bond acceptors (Lipinski definition) is 3. The van der Waals surface area contributed by atoms with Crippen LogP contribution in [-0.4, -0.2) is 13.1 Å². The number of nitrogens with zero attached hydrogens (tertiary/aromatic N) is 1. The van der Waals surface area contributed by atoms with Gasteiger partial charge < -0.3 is 4.74 Å². The first kappa shape index (κ1) is 12.7. The molecule has 0 amide bonds. The van der Waals surface area contributed by atoms with Crippen molar-refractivity contribution in [1.82, 2.24) is 0 Å². The largest absolute Gasteiger partial charge is 0.469 e. The van der Waals surface area contributed by atoms with Gasteiger partial charge in [0.25, 0.3) is 0 Å². The molecule has 0 atom stereocenters. The van der Waals surface area contributed by atoms with E-state index in [1.54, 1.807) is 0 Å². The smallest absolute Gasteiger partial charge is 0.310 e. The van der Waals surface area contributed by atoms with Gasteiger partial charge in [-0.3, -0.25) is 4.79 Å². The molecule has 1 aromatic rings. The van der Waals surface area contributed by atoms with Crippen LogP contribution in [0, 0.1) is 11.3 Å². The van der Waals surface area contributed by atoms with Gasteiger partial charge in [-0.2, -0.15) is 5.26 Å². The second-order valence-corrected chi connectivity index (χ2v) is 4.19. The highest BCUT2D eigenvalue weighted by atomic mass is 79.9. The predicted octanol–water partition coefficient (Wildman–Crippen LogP) is 2.62. The first-order chi connectivity index (χ1) is 7.67. The third kappa shape index (κ3) is 3.67. The fourth-order valence-electron chi connectivity index (χ4n) is 1.35. The van der Waals surface area contributed by atoms with E-state index < -0.39 is 0 Å². The minimum Gasteiger partial charge on any atom is -0.469 e. The lowest BCUT2D eigenvalue weighted by Crippen LogP contribution is -2.05. The SMILES string of the molecule is COC(=O)Cc1cc(CCC#N)ccc1Br. The molecule has 0 heterocycles. The number of benzene rings is 1. The molecule has 0 bridgehead atoms. The summed E-state index contributed by atoms with van der Waals surface area (Å²) >= 11 is 3.38. The van der Waals surface area contributed by atoms with Crippen LogP contribution in [-0.2, 0) is 22.4 Å². The van der Waals surface area contributed by atoms with Gasteiger partial charge in [-0.05, 0) is 23.6 Å². The third-order valence-corrected chi connectivity index (χ3v) is 2.97. The first-order valence-corrected chi connectivity index (χ1v) is 5.67. The van der Waals surface area contributed by atoms with Crippen LogP contribution in [0.3, 0.4) is 0 Å². The van der Waals surface area contributed by atoms with Crippen molar-refractivity contribution in [3.63, 3.8) is 0 Å². The number of ether oxygens (including phenoxy) is 1. The molecule has 0 saturated heterocycles. The zero-order chi connectivity index (χ0) is 12.0. The molecule has 0 aromatic heterocycles. The second-order valence-electron chi connectivity index (χ2n) is 3.34. The molecule has 84 valence electrons. The monoisotopic (exact) mass is 281 g/mol. The van der Waals surface area contributed by atoms with Gasteiger partial charge in [0.05, 0.1) is 19.6 Å². The molecule has 0 radical (unpaired) electrons. The lowest BCUT2D eigenvalue weighted by molar-refractivity contribution is -0.139. The molecule has 1 rings (SSSR count). The predicted molar refractivity (Wildman–Crippen MR) is 63.8 cm³/mol. The van der Waals surface area contributed by atoms with Gasteiger partial charge in [-0.1, -0.05) is 28.1 Å². The molecule has 0 unspecified atom stereocenters. The van der Waals surface area contributed by atoms with Crippen LogP contribution in [0.15, 0.2) is 22.7 Å². The molecule has 16 heavy (non-hydrogen) atoms. The summed E-state index contributed by atoms with van der Waals surface area (Å²) in [6.07, 6.45) is 1.44. The van der Waals surface area contributed by atoms with E-state index in [2.05, 4.69) is 26.7 Å². The molecule has 0 spiro atoms. The normalized spacial score (nSPS) is 9.56. The van der Waals surface area contributed by atoms with Crippen LogP contribution in [0.2, 0.25) is 0 Å². The number of aryl methyl sites for hydroxylation is 1. The van der Waals surface area contributed by atoms with Crippen LogP contribution in [0.25, 0.3) is 0 Å². The molecule has 0 fully saturated rings. The summed E-state index contributed by atoms with van der Waals surface area (Å²) in [5.41, 5.74) is 1.95. The van der Waals surface area contributed by atoms with Crippen molar-refractivity contribution >= 4 is 21.9 Å². The van der Waals surface area contributed by atoms with Gasteiger partial charge in [0, 0.05) is 10.9 Å². The average Bonchev–Trinajstić information content (AvgIpc) is 2.30. The van der Waals surface area contributed by atoms with E-state index in [9.17, 15) is 4.79 Å². The van der Waals surface area contributed by atoms with Gasteiger partial charge in [-0.15, -0.1) is 0 Å². The lowest BCUT2D eigenvalue weighted by Gasteiger charge is -2.06. The summed E-state index contributed by atoms with van der Waals surface area (Å²) in [6.45, 7) is 0. The molecular weight excluding hydrogens is 270 g/mol. The maximum absolute atomic E-state index is 11.2. The maximum atomic E-state index is 11.2. The quantitative estimate of drug-likeness (QED) is 0.798. The van der Waals surface area contributed by atoms with Crippen LogP contribution in [0.1, 0.15) is 17.5 Å². The average molecular weight is 282 g/mol. The molecule has 3 nitrogen and oxygen atoms in total. The van der Waals surface area contributed by atoms with Crippen LogP contribution < -0.4 is 0 Å². The van der Waals surface area contributed by atoms with Gasteiger partial charge in [0.15, 0.2) is 0 Å². The molecule has 4 heteroatoms. The Kier molecular flexibility index (Phi) is 5.00. The molecule has 0 saturated carbocycles. The number of methoxy groups -OCH3 is 1. The zero-order valence-electron chi connectivity index (χ0n) is 9.00. The highest BCUT2D eigenvalue weighted by Crippen LogP contribution is 2.20. The second kappa shape index (κ2) is 6.29. The molecular formula is C12H12BrNO2. The van der Waals surface area contributed by atoms with Crippen molar-refractivity contribution in [3.05, 3.63) is 33.8 Å². The number of nitriles is 1. The molecule has 0 aliphatic rings. The van der Waals surface area contributed by atoms with E-state index in [0.717, 1.165) is 15.6 Å². The van der Waals surface area contributed by atoms with Crippen molar-refractivity contribution in [1.29, 1.82) is 5.26 Å². The number of carbonyl (C=O) groups excluding carboxylic acids is 1. The lowest BCUT2D eigenvalue weighted by atomic mass is 10.0. The number of halogens is 1. The maximum Gasteiger partial charge on any atom is 0.310 e. The third-order valence-electron chi connectivity index (χ3n) is 2.20. The summed E-state index contributed by atoms with van der Waals surface area (Å²) in [4.78, 5) is 11.2. The van der Waals surface area contributed by atoms with Gasteiger partial charge in [0.2, 0.25) is 0 Å². The van der Waals surface area contributed by atoms with Crippen molar-refractivity contribution < 1.29 is 9.53 Å². The Morgan fingerprint density at radius 3 is 2.94 bits per heavy atom. The van der Waals surface area contributed by atoms with E-state index in [1.165, 1.54) is 7.11 Å². The number of esters is 1. The van der Waals surface area contributed by atoms with Crippen molar-refractivity contribution in [2.75, 3.05) is 7.11 Å². The minimum absolute atomic E-state index is 0.247. The Balaban J connectivity index is 2.82. The van der Waals surface area contributed by atoms with Crippen LogP contribution in [0.4, 0.5) is 0 Å². The zero-order valence-corrected chi connectivity index (χ0v) is 10.6. The Morgan fingerprint density at radius 2 is 2.31 bits per heavy atom. The number of hydrogen-bond donors (Lipinski definition) is 0. The highest BCUT2D eigenvalue weighted by molar-refractivity contribution is 9.10. The van der Waals surface area contributed by atoms with E-state index in [0.29, 0.717) is 12.8 Å². The Bertz CT molecular complexity index is 424. The van der Waals surface area contributed by atoms with Gasteiger partial charge >= 0.3 is 5.97 Å². The van der Waals surface area contributed by atoms with Gasteiger partial charge in [0.1, 0.15) is 0 Å². The molecule has 0 aliphatic carbocycles. The summed E-state index contributed by atoms with van der Waals surface area (Å²) in [6, 6.07) is 7.87. The molecule has 1 aromatic carbocycles. The highest BCUT2D eigenvalue weighted by Gasteiger charge is 2.07.